The zero-order chi connectivity index (χ0) is 16.9. The normalized spacial score (nSPS) is 18.0. The first-order valence-corrected chi connectivity index (χ1v) is 8.48. The van der Waals surface area contributed by atoms with E-state index >= 15 is 0 Å². The molecule has 6 heteroatoms. The SMILES string of the molecule is Cc1ccc(CN2CC[C@H](CNC(=O)Cn3cncn3)C2)c(C)c1. The third-order valence-corrected chi connectivity index (χ3v) is 4.62. The lowest BCUT2D eigenvalue weighted by molar-refractivity contribution is -0.122. The molecule has 0 bridgehead atoms. The van der Waals surface area contributed by atoms with Crippen LogP contribution < -0.4 is 5.32 Å². The van der Waals surface area contributed by atoms with Gasteiger partial charge in [-0.05, 0) is 43.9 Å². The lowest BCUT2D eigenvalue weighted by atomic mass is 10.1. The smallest absolute Gasteiger partial charge is 0.241 e. The van der Waals surface area contributed by atoms with Crippen LogP contribution in [0.5, 0.6) is 0 Å². The van der Waals surface area contributed by atoms with E-state index in [9.17, 15) is 4.79 Å². The zero-order valence-corrected chi connectivity index (χ0v) is 14.4. The van der Waals surface area contributed by atoms with E-state index in [2.05, 4.69) is 52.3 Å². The molecule has 128 valence electrons. The maximum absolute atomic E-state index is 11.9. The van der Waals surface area contributed by atoms with E-state index in [1.54, 1.807) is 6.33 Å². The van der Waals surface area contributed by atoms with Crippen LogP contribution >= 0.6 is 0 Å². The molecule has 3 rings (SSSR count). The Bertz CT molecular complexity index is 683. The molecule has 1 saturated heterocycles. The van der Waals surface area contributed by atoms with Crippen molar-refractivity contribution in [3.63, 3.8) is 0 Å². The molecule has 0 aliphatic carbocycles. The van der Waals surface area contributed by atoms with Crippen molar-refractivity contribution in [3.8, 4) is 0 Å². The minimum Gasteiger partial charge on any atom is -0.354 e. The van der Waals surface area contributed by atoms with E-state index in [1.807, 2.05) is 0 Å². The summed E-state index contributed by atoms with van der Waals surface area (Å²) in [5.41, 5.74) is 4.07. The van der Waals surface area contributed by atoms with Gasteiger partial charge in [0.1, 0.15) is 19.2 Å². The van der Waals surface area contributed by atoms with Gasteiger partial charge in [0.05, 0.1) is 0 Å². The quantitative estimate of drug-likeness (QED) is 0.874. The second-order valence-corrected chi connectivity index (χ2v) is 6.72. The van der Waals surface area contributed by atoms with Gasteiger partial charge < -0.3 is 5.32 Å². The number of benzene rings is 1. The van der Waals surface area contributed by atoms with Crippen LogP contribution in [0.25, 0.3) is 0 Å². The molecule has 2 heterocycles. The summed E-state index contributed by atoms with van der Waals surface area (Å²) >= 11 is 0. The molecule has 0 radical (unpaired) electrons. The predicted molar refractivity (Wildman–Crippen MR) is 92.3 cm³/mol. The summed E-state index contributed by atoms with van der Waals surface area (Å²) in [6.45, 7) is 8.41. The molecule has 2 aromatic rings. The number of aryl methyl sites for hydroxylation is 2. The van der Waals surface area contributed by atoms with E-state index < -0.39 is 0 Å². The summed E-state index contributed by atoms with van der Waals surface area (Å²) in [5.74, 6) is 0.517. The van der Waals surface area contributed by atoms with Crippen molar-refractivity contribution in [3.05, 3.63) is 47.5 Å². The van der Waals surface area contributed by atoms with Gasteiger partial charge in [-0.3, -0.25) is 9.69 Å². The fourth-order valence-electron chi connectivity index (χ4n) is 3.26. The van der Waals surface area contributed by atoms with E-state index in [0.29, 0.717) is 5.92 Å². The number of carbonyl (C=O) groups excluding carboxylic acids is 1. The summed E-state index contributed by atoms with van der Waals surface area (Å²) in [6, 6.07) is 6.66. The molecule has 1 aliphatic rings. The first kappa shape index (κ1) is 16.6. The molecule has 1 atom stereocenters. The Morgan fingerprint density at radius 3 is 3.00 bits per heavy atom. The Kier molecular flexibility index (Phi) is 5.25. The monoisotopic (exact) mass is 327 g/mol. The molecule has 0 unspecified atom stereocenters. The fraction of sp³-hybridized carbons (Fsp3) is 0.500. The topological polar surface area (TPSA) is 63.1 Å². The van der Waals surface area contributed by atoms with E-state index in [1.165, 1.54) is 27.7 Å². The number of amides is 1. The van der Waals surface area contributed by atoms with Gasteiger partial charge in [0.2, 0.25) is 5.91 Å². The molecule has 1 aromatic heterocycles. The van der Waals surface area contributed by atoms with Gasteiger partial charge >= 0.3 is 0 Å². The van der Waals surface area contributed by atoms with Crippen molar-refractivity contribution in [2.45, 2.75) is 33.4 Å². The van der Waals surface area contributed by atoms with Crippen LogP contribution in [0, 0.1) is 19.8 Å². The van der Waals surface area contributed by atoms with Gasteiger partial charge in [0.25, 0.3) is 0 Å². The number of likely N-dealkylation sites (tertiary alicyclic amines) is 1. The van der Waals surface area contributed by atoms with Crippen LogP contribution in [0.4, 0.5) is 0 Å². The van der Waals surface area contributed by atoms with Crippen LogP contribution in [0.3, 0.4) is 0 Å². The van der Waals surface area contributed by atoms with Crippen molar-refractivity contribution in [2.24, 2.45) is 5.92 Å². The van der Waals surface area contributed by atoms with Crippen molar-refractivity contribution >= 4 is 5.91 Å². The second-order valence-electron chi connectivity index (χ2n) is 6.72. The van der Waals surface area contributed by atoms with E-state index in [4.69, 9.17) is 0 Å². The highest BCUT2D eigenvalue weighted by Crippen LogP contribution is 2.20. The van der Waals surface area contributed by atoms with Crippen LogP contribution in [-0.2, 0) is 17.9 Å². The summed E-state index contributed by atoms with van der Waals surface area (Å²) in [6.07, 6.45) is 4.13. The molecular formula is C18H25N5O. The molecule has 1 aromatic carbocycles. The lowest BCUT2D eigenvalue weighted by Crippen LogP contribution is -2.33. The van der Waals surface area contributed by atoms with Gasteiger partial charge in [-0.15, -0.1) is 0 Å². The Balaban J connectivity index is 1.43. The second kappa shape index (κ2) is 7.57. The number of rotatable bonds is 6. The minimum atomic E-state index is -0.00618. The molecule has 0 spiro atoms. The van der Waals surface area contributed by atoms with Gasteiger partial charge in [0.15, 0.2) is 0 Å². The van der Waals surface area contributed by atoms with Gasteiger partial charge in [0, 0.05) is 19.6 Å². The molecule has 0 saturated carbocycles. The Morgan fingerprint density at radius 2 is 2.25 bits per heavy atom. The van der Waals surface area contributed by atoms with Crippen LogP contribution in [0.15, 0.2) is 30.9 Å². The van der Waals surface area contributed by atoms with Gasteiger partial charge in [-0.25, -0.2) is 9.67 Å². The first-order valence-electron chi connectivity index (χ1n) is 8.48. The Hall–Kier alpha value is -2.21. The van der Waals surface area contributed by atoms with Gasteiger partial charge in [-0.1, -0.05) is 23.8 Å². The molecular weight excluding hydrogens is 302 g/mol. The van der Waals surface area contributed by atoms with Crippen LogP contribution in [0.2, 0.25) is 0 Å². The van der Waals surface area contributed by atoms with E-state index in [0.717, 1.165) is 32.6 Å². The number of carbonyl (C=O) groups is 1. The minimum absolute atomic E-state index is 0.00618. The summed E-state index contributed by atoms with van der Waals surface area (Å²) in [4.78, 5) is 18.2. The van der Waals surface area contributed by atoms with Crippen molar-refractivity contribution in [1.82, 2.24) is 25.0 Å². The zero-order valence-electron chi connectivity index (χ0n) is 14.4. The maximum Gasteiger partial charge on any atom is 0.241 e. The van der Waals surface area contributed by atoms with E-state index in [-0.39, 0.29) is 12.5 Å². The third-order valence-electron chi connectivity index (χ3n) is 4.62. The van der Waals surface area contributed by atoms with Crippen LogP contribution in [-0.4, -0.2) is 45.2 Å². The standard InChI is InChI=1S/C18H25N5O/c1-14-3-4-17(15(2)7-14)10-22-6-5-16(9-22)8-20-18(24)11-23-13-19-12-21-23/h3-4,7,12-13,16H,5-6,8-11H2,1-2H3,(H,20,24)/t16-/m1/s1. The Labute approximate surface area is 142 Å². The molecule has 1 amide bonds. The largest absolute Gasteiger partial charge is 0.354 e. The summed E-state index contributed by atoms with van der Waals surface area (Å²) < 4.78 is 1.54. The lowest BCUT2D eigenvalue weighted by Gasteiger charge is -2.18. The average molecular weight is 327 g/mol. The van der Waals surface area contributed by atoms with Crippen molar-refractivity contribution in [1.29, 1.82) is 0 Å². The fourth-order valence-corrected chi connectivity index (χ4v) is 3.26. The maximum atomic E-state index is 11.9. The number of nitrogens with zero attached hydrogens (tertiary/aromatic N) is 4. The molecule has 1 fully saturated rings. The summed E-state index contributed by atoms with van der Waals surface area (Å²) in [7, 11) is 0. The number of nitrogens with one attached hydrogen (secondary N) is 1. The van der Waals surface area contributed by atoms with Crippen molar-refractivity contribution < 1.29 is 4.79 Å². The molecule has 24 heavy (non-hydrogen) atoms. The highest BCUT2D eigenvalue weighted by atomic mass is 16.2. The Morgan fingerprint density at radius 1 is 1.38 bits per heavy atom. The number of hydrogen-bond donors (Lipinski definition) is 1. The average Bonchev–Trinajstić information content (AvgIpc) is 3.20. The highest BCUT2D eigenvalue weighted by molar-refractivity contribution is 5.75. The number of aromatic nitrogens is 3. The van der Waals surface area contributed by atoms with Gasteiger partial charge in [-0.2, -0.15) is 5.10 Å². The first-order chi connectivity index (χ1) is 11.6. The van der Waals surface area contributed by atoms with Crippen LogP contribution in [0.1, 0.15) is 23.1 Å². The molecule has 1 aliphatic heterocycles. The third kappa shape index (κ3) is 4.41. The molecule has 6 nitrogen and oxygen atoms in total. The predicted octanol–water partition coefficient (Wildman–Crippen LogP) is 1.53. The highest BCUT2D eigenvalue weighted by Gasteiger charge is 2.23. The number of hydrogen-bond acceptors (Lipinski definition) is 4. The summed E-state index contributed by atoms with van der Waals surface area (Å²) in [5, 5.41) is 6.96. The molecule has 1 N–H and O–H groups in total. The van der Waals surface area contributed by atoms with Crippen molar-refractivity contribution in [2.75, 3.05) is 19.6 Å².